The minimum Gasteiger partial charge on any atom is -0.478 e. The van der Waals surface area contributed by atoms with E-state index in [1.165, 1.54) is 31.5 Å². The fraction of sp³-hybridized carbons (Fsp3) is 0.526. The number of hydrogen-bond donors (Lipinski definition) is 3. The molecule has 1 aromatic heterocycles. The molecule has 2 rings (SSSR count). The second-order valence-electron chi connectivity index (χ2n) is 6.12. The van der Waals surface area contributed by atoms with Crippen LogP contribution >= 0.6 is 0 Å². The predicted octanol–water partition coefficient (Wildman–Crippen LogP) is 3.82. The van der Waals surface area contributed by atoms with Gasteiger partial charge in [-0.25, -0.2) is 14.0 Å². The minimum absolute atomic E-state index is 0. The number of nitrogens with zero attached hydrogens (tertiary/aromatic N) is 1. The summed E-state index contributed by atoms with van der Waals surface area (Å²) < 4.78 is 13.0. The van der Waals surface area contributed by atoms with Crippen molar-refractivity contribution in [2.45, 2.75) is 52.6 Å². The topological polar surface area (TPSA) is 108 Å². The average Bonchev–Trinajstić information content (AvgIpc) is 3.02. The lowest BCUT2D eigenvalue weighted by molar-refractivity contribution is -0.134. The Kier molecular flexibility index (Phi) is 11.1. The summed E-state index contributed by atoms with van der Waals surface area (Å²) in [5.74, 6) is -1.87. The van der Waals surface area contributed by atoms with Crippen LogP contribution in [0.15, 0.2) is 30.6 Å². The fourth-order valence-electron chi connectivity index (χ4n) is 3.08. The van der Waals surface area contributed by atoms with Crippen LogP contribution in [-0.4, -0.2) is 32.2 Å². The van der Waals surface area contributed by atoms with Gasteiger partial charge in [-0.3, -0.25) is 4.98 Å². The average molecular weight is 369 g/mol. The molecule has 1 saturated carbocycles. The maximum absolute atomic E-state index is 13.0. The van der Waals surface area contributed by atoms with E-state index in [4.69, 9.17) is 10.2 Å². The van der Waals surface area contributed by atoms with Gasteiger partial charge in [0, 0.05) is 23.9 Å². The molecular formula is C19H28FNO5. The molecule has 1 aromatic rings. The smallest absolute Gasteiger partial charge is 0.328 e. The summed E-state index contributed by atoms with van der Waals surface area (Å²) in [6, 6.07) is 1.39. The van der Waals surface area contributed by atoms with Gasteiger partial charge in [0.1, 0.15) is 5.82 Å². The van der Waals surface area contributed by atoms with Gasteiger partial charge in [-0.15, -0.1) is 0 Å². The maximum atomic E-state index is 13.0. The lowest BCUT2D eigenvalue weighted by Crippen LogP contribution is -2.10. The van der Waals surface area contributed by atoms with Crippen LogP contribution in [-0.2, 0) is 9.59 Å². The normalized spacial score (nSPS) is 20.0. The predicted molar refractivity (Wildman–Crippen MR) is 96.0 cm³/mol. The third-order valence-electron chi connectivity index (χ3n) is 4.16. The molecule has 0 amide bonds. The van der Waals surface area contributed by atoms with Gasteiger partial charge >= 0.3 is 11.9 Å². The first-order valence-corrected chi connectivity index (χ1v) is 8.25. The molecule has 3 atom stereocenters. The summed E-state index contributed by atoms with van der Waals surface area (Å²) in [5, 5.41) is 25.8. The largest absolute Gasteiger partial charge is 0.478 e. The van der Waals surface area contributed by atoms with E-state index in [1.807, 2.05) is 0 Å². The number of carbonyl (C=O) groups is 2. The van der Waals surface area contributed by atoms with E-state index >= 15 is 0 Å². The number of aromatic nitrogens is 1. The molecule has 0 saturated heterocycles. The quantitative estimate of drug-likeness (QED) is 0.658. The Labute approximate surface area is 153 Å². The van der Waals surface area contributed by atoms with Crippen LogP contribution in [0.2, 0.25) is 0 Å². The summed E-state index contributed by atoms with van der Waals surface area (Å²) in [6.07, 6.45) is 9.04. The summed E-state index contributed by atoms with van der Waals surface area (Å²) in [4.78, 5) is 22.9. The molecule has 6 nitrogen and oxygen atoms in total. The highest BCUT2D eigenvalue weighted by Gasteiger charge is 2.30. The lowest BCUT2D eigenvalue weighted by Gasteiger charge is -2.18. The summed E-state index contributed by atoms with van der Waals surface area (Å²) in [6.45, 7) is 2.19. The van der Waals surface area contributed by atoms with Crippen LogP contribution in [0.25, 0.3) is 0 Å². The zero-order valence-corrected chi connectivity index (χ0v) is 14.1. The molecule has 3 N–H and O–H groups in total. The first-order chi connectivity index (χ1) is 11.8. The zero-order valence-electron chi connectivity index (χ0n) is 14.1. The number of carboxylic acid groups (broad SMARTS) is 2. The number of carboxylic acids is 2. The van der Waals surface area contributed by atoms with Gasteiger partial charge in [-0.2, -0.15) is 0 Å². The van der Waals surface area contributed by atoms with Gasteiger partial charge in [0.15, 0.2) is 0 Å². The summed E-state index contributed by atoms with van der Waals surface area (Å²) in [5.41, 5.74) is 0.618. The third-order valence-corrected chi connectivity index (χ3v) is 4.16. The molecule has 0 aromatic carbocycles. The van der Waals surface area contributed by atoms with E-state index in [0.717, 1.165) is 18.8 Å². The number of aliphatic hydroxyl groups excluding tert-OH is 1. The highest BCUT2D eigenvalue weighted by molar-refractivity contribution is 5.89. The van der Waals surface area contributed by atoms with Crippen molar-refractivity contribution >= 4 is 11.9 Å². The Bertz CT molecular complexity index is 589. The highest BCUT2D eigenvalue weighted by atomic mass is 19.1. The van der Waals surface area contributed by atoms with Gasteiger partial charge < -0.3 is 15.3 Å². The van der Waals surface area contributed by atoms with Crippen molar-refractivity contribution < 1.29 is 29.3 Å². The van der Waals surface area contributed by atoms with E-state index < -0.39 is 18.0 Å². The lowest BCUT2D eigenvalue weighted by atomic mass is 9.93. The molecule has 1 aliphatic rings. The molecule has 0 radical (unpaired) electrons. The van der Waals surface area contributed by atoms with Crippen LogP contribution in [0, 0.1) is 17.7 Å². The van der Waals surface area contributed by atoms with Gasteiger partial charge in [0.05, 0.1) is 12.3 Å². The Hall–Kier alpha value is -2.28. The van der Waals surface area contributed by atoms with Crippen molar-refractivity contribution in [2.24, 2.45) is 11.8 Å². The van der Waals surface area contributed by atoms with Gasteiger partial charge in [0.25, 0.3) is 0 Å². The van der Waals surface area contributed by atoms with E-state index in [1.54, 1.807) is 6.20 Å². The van der Waals surface area contributed by atoms with Crippen molar-refractivity contribution in [3.63, 3.8) is 0 Å². The van der Waals surface area contributed by atoms with Crippen LogP contribution in [0.3, 0.4) is 0 Å². The fourth-order valence-corrected chi connectivity index (χ4v) is 3.08. The first kappa shape index (κ1) is 23.7. The second kappa shape index (κ2) is 12.1. The first-order valence-electron chi connectivity index (χ1n) is 8.25. The number of halogens is 1. The highest BCUT2D eigenvalue weighted by Crippen LogP contribution is 2.40. The molecule has 0 spiro atoms. The van der Waals surface area contributed by atoms with Gasteiger partial charge in [-0.05, 0) is 30.7 Å². The number of rotatable bonds is 6. The van der Waals surface area contributed by atoms with Crippen molar-refractivity contribution in [3.8, 4) is 0 Å². The minimum atomic E-state index is -1.26. The van der Waals surface area contributed by atoms with Crippen LogP contribution in [0.1, 0.15) is 58.1 Å². The van der Waals surface area contributed by atoms with Gasteiger partial charge in [-0.1, -0.05) is 33.6 Å². The second-order valence-corrected chi connectivity index (χ2v) is 6.12. The van der Waals surface area contributed by atoms with Crippen molar-refractivity contribution in [2.75, 3.05) is 0 Å². The van der Waals surface area contributed by atoms with Crippen molar-refractivity contribution in [1.29, 1.82) is 0 Å². The molecule has 26 heavy (non-hydrogen) atoms. The SMILES string of the molecule is C.CCC[C@@H]1CC[C@H]([C@H](O)c2cncc(F)c2)C1.O=C(O)/C=C\C(=O)O. The Morgan fingerprint density at radius 1 is 1.27 bits per heavy atom. The Balaban J connectivity index is 0.000000597. The van der Waals surface area contributed by atoms with Crippen LogP contribution in [0.4, 0.5) is 4.39 Å². The third kappa shape index (κ3) is 8.71. The van der Waals surface area contributed by atoms with Crippen molar-refractivity contribution in [3.05, 3.63) is 42.0 Å². The Morgan fingerprint density at radius 2 is 1.88 bits per heavy atom. The number of aliphatic carboxylic acids is 2. The standard InChI is InChI=1S/C14H20FNO.C4H4O4.CH4/c1-2-3-10-4-5-11(6-10)14(17)12-7-13(15)9-16-8-12;5-3(6)1-2-4(7)8;/h7-11,14,17H,2-6H2,1H3;1-2H,(H,5,6)(H,7,8);1H4/b;2-1-;/t10-,11+,14+;;/m1../s1. The molecular weight excluding hydrogens is 341 g/mol. The molecule has 146 valence electrons. The molecule has 0 bridgehead atoms. The Morgan fingerprint density at radius 3 is 2.38 bits per heavy atom. The summed E-state index contributed by atoms with van der Waals surface area (Å²) in [7, 11) is 0. The van der Waals surface area contributed by atoms with E-state index in [0.29, 0.717) is 17.7 Å². The number of hydrogen-bond acceptors (Lipinski definition) is 4. The van der Waals surface area contributed by atoms with Gasteiger partial charge in [0.2, 0.25) is 0 Å². The molecule has 0 aliphatic heterocycles. The van der Waals surface area contributed by atoms with E-state index in [2.05, 4.69) is 11.9 Å². The van der Waals surface area contributed by atoms with Crippen LogP contribution in [0.5, 0.6) is 0 Å². The monoisotopic (exact) mass is 369 g/mol. The number of pyridine rings is 1. The van der Waals surface area contributed by atoms with Crippen LogP contribution < -0.4 is 0 Å². The molecule has 7 heteroatoms. The molecule has 1 heterocycles. The molecule has 0 unspecified atom stereocenters. The zero-order chi connectivity index (χ0) is 18.8. The van der Waals surface area contributed by atoms with Crippen molar-refractivity contribution in [1.82, 2.24) is 4.98 Å². The summed E-state index contributed by atoms with van der Waals surface area (Å²) >= 11 is 0. The maximum Gasteiger partial charge on any atom is 0.328 e. The van der Waals surface area contributed by atoms with E-state index in [9.17, 15) is 19.1 Å². The number of aliphatic hydroxyl groups is 1. The molecule has 1 aliphatic carbocycles. The molecule has 1 fully saturated rings. The van der Waals surface area contributed by atoms with E-state index in [-0.39, 0.29) is 19.2 Å².